The van der Waals surface area contributed by atoms with Crippen LogP contribution in [-0.2, 0) is 0 Å². The Morgan fingerprint density at radius 1 is 1.30 bits per heavy atom. The fraction of sp³-hybridized carbons (Fsp3) is 0.250. The lowest BCUT2D eigenvalue weighted by atomic mass is 10.1. The topological polar surface area (TPSA) is 71.7 Å². The maximum atomic E-state index is 8.79. The summed E-state index contributed by atoms with van der Waals surface area (Å²) in [5, 5.41) is 22.6. The van der Waals surface area contributed by atoms with Gasteiger partial charge in [0.25, 0.3) is 0 Å². The van der Waals surface area contributed by atoms with Crippen molar-refractivity contribution in [3.63, 3.8) is 0 Å². The number of nitrogens with one attached hydrogen (secondary N) is 3. The van der Waals surface area contributed by atoms with Crippen LogP contribution in [0.2, 0.25) is 0 Å². The lowest BCUT2D eigenvalue weighted by molar-refractivity contribution is 0.840. The predicted octanol–water partition coefficient (Wildman–Crippen LogP) is 3.41. The standard InChI is InChI=1S/C16H20N4/c1-4-19-13(3)12(2)16(9-10-17)20-15-7-5-14(11-18)6-8-15/h5-10,17,19-20H,4H2,1-3H3/b13-12+,16-9-,17-10?. The third kappa shape index (κ3) is 4.29. The fourth-order valence-corrected chi connectivity index (χ4v) is 1.73. The Labute approximate surface area is 120 Å². The minimum absolute atomic E-state index is 0.629. The maximum Gasteiger partial charge on any atom is 0.0991 e. The number of rotatable bonds is 6. The minimum atomic E-state index is 0.629. The third-order valence-corrected chi connectivity index (χ3v) is 2.95. The van der Waals surface area contributed by atoms with E-state index in [2.05, 4.69) is 16.7 Å². The molecule has 0 saturated carbocycles. The number of hydrogen-bond donors (Lipinski definition) is 3. The van der Waals surface area contributed by atoms with E-state index in [1.165, 1.54) is 6.21 Å². The van der Waals surface area contributed by atoms with Crippen LogP contribution in [-0.4, -0.2) is 12.8 Å². The smallest absolute Gasteiger partial charge is 0.0991 e. The first-order chi connectivity index (χ1) is 9.62. The van der Waals surface area contributed by atoms with Gasteiger partial charge in [-0.3, -0.25) is 0 Å². The highest BCUT2D eigenvalue weighted by molar-refractivity contribution is 5.73. The van der Waals surface area contributed by atoms with E-state index in [4.69, 9.17) is 10.7 Å². The maximum absolute atomic E-state index is 8.79. The summed E-state index contributed by atoms with van der Waals surface area (Å²) in [4.78, 5) is 0. The van der Waals surface area contributed by atoms with Crippen molar-refractivity contribution >= 4 is 11.9 Å². The van der Waals surface area contributed by atoms with Crippen LogP contribution >= 0.6 is 0 Å². The summed E-state index contributed by atoms with van der Waals surface area (Å²) in [6.45, 7) is 6.92. The first-order valence-corrected chi connectivity index (χ1v) is 6.52. The van der Waals surface area contributed by atoms with Crippen LogP contribution in [0.5, 0.6) is 0 Å². The second-order valence-electron chi connectivity index (χ2n) is 4.34. The van der Waals surface area contributed by atoms with E-state index in [9.17, 15) is 0 Å². The van der Waals surface area contributed by atoms with Crippen LogP contribution in [0.1, 0.15) is 26.3 Å². The van der Waals surface area contributed by atoms with Crippen LogP contribution in [0, 0.1) is 16.7 Å². The molecular weight excluding hydrogens is 248 g/mol. The average molecular weight is 268 g/mol. The molecule has 4 heteroatoms. The summed E-state index contributed by atoms with van der Waals surface area (Å²) in [6, 6.07) is 9.33. The summed E-state index contributed by atoms with van der Waals surface area (Å²) in [5.74, 6) is 0. The van der Waals surface area contributed by atoms with Gasteiger partial charge in [0.05, 0.1) is 11.6 Å². The van der Waals surface area contributed by atoms with E-state index in [1.54, 1.807) is 18.2 Å². The zero-order valence-electron chi connectivity index (χ0n) is 12.1. The lowest BCUT2D eigenvalue weighted by Crippen LogP contribution is -2.14. The number of benzene rings is 1. The van der Waals surface area contributed by atoms with Gasteiger partial charge in [-0.15, -0.1) is 0 Å². The summed E-state index contributed by atoms with van der Waals surface area (Å²) in [7, 11) is 0. The van der Waals surface area contributed by atoms with Crippen molar-refractivity contribution in [2.24, 2.45) is 0 Å². The van der Waals surface area contributed by atoms with E-state index in [1.807, 2.05) is 32.9 Å². The van der Waals surface area contributed by atoms with Crippen LogP contribution in [0.3, 0.4) is 0 Å². The molecule has 0 aromatic heterocycles. The molecule has 1 rings (SSSR count). The zero-order valence-corrected chi connectivity index (χ0v) is 12.1. The molecule has 0 unspecified atom stereocenters. The number of allylic oxidation sites excluding steroid dienone is 3. The molecular formula is C16H20N4. The summed E-state index contributed by atoms with van der Waals surface area (Å²) in [5.41, 5.74) is 4.51. The molecule has 104 valence electrons. The average Bonchev–Trinajstić information content (AvgIpc) is 2.47. The zero-order chi connectivity index (χ0) is 15.0. The molecule has 0 aliphatic carbocycles. The SMILES string of the molecule is CCN/C(C)=C(C)/C(=C/C=N)Nc1ccc(C#N)cc1. The number of hydrogen-bond acceptors (Lipinski definition) is 4. The van der Waals surface area contributed by atoms with E-state index >= 15 is 0 Å². The Balaban J connectivity index is 2.98. The van der Waals surface area contributed by atoms with Gasteiger partial charge < -0.3 is 16.0 Å². The van der Waals surface area contributed by atoms with Gasteiger partial charge in [-0.25, -0.2) is 0 Å². The number of nitriles is 1. The Morgan fingerprint density at radius 3 is 2.45 bits per heavy atom. The Morgan fingerprint density at radius 2 is 1.95 bits per heavy atom. The summed E-state index contributed by atoms with van der Waals surface area (Å²) in [6.07, 6.45) is 2.98. The van der Waals surface area contributed by atoms with Crippen LogP contribution < -0.4 is 10.6 Å². The molecule has 4 nitrogen and oxygen atoms in total. The summed E-state index contributed by atoms with van der Waals surface area (Å²) >= 11 is 0. The number of nitrogens with zero attached hydrogens (tertiary/aromatic N) is 1. The second-order valence-corrected chi connectivity index (χ2v) is 4.34. The van der Waals surface area contributed by atoms with Gasteiger partial charge in [0.15, 0.2) is 0 Å². The van der Waals surface area contributed by atoms with Crippen LogP contribution in [0.25, 0.3) is 0 Å². The predicted molar refractivity (Wildman–Crippen MR) is 83.7 cm³/mol. The molecule has 0 fully saturated rings. The van der Waals surface area contributed by atoms with Gasteiger partial charge in [-0.05, 0) is 56.7 Å². The van der Waals surface area contributed by atoms with E-state index < -0.39 is 0 Å². The largest absolute Gasteiger partial charge is 0.389 e. The third-order valence-electron chi connectivity index (χ3n) is 2.95. The van der Waals surface area contributed by atoms with Crippen molar-refractivity contribution < 1.29 is 0 Å². The fourth-order valence-electron chi connectivity index (χ4n) is 1.73. The molecule has 0 saturated heterocycles. The van der Waals surface area contributed by atoms with Gasteiger partial charge in [-0.1, -0.05) is 0 Å². The molecule has 1 aromatic carbocycles. The Kier molecular flexibility index (Phi) is 6.05. The minimum Gasteiger partial charge on any atom is -0.389 e. The molecule has 0 aliphatic heterocycles. The van der Waals surface area contributed by atoms with Crippen molar-refractivity contribution in [2.75, 3.05) is 11.9 Å². The van der Waals surface area contributed by atoms with Gasteiger partial charge in [0.2, 0.25) is 0 Å². The first kappa shape index (κ1) is 15.5. The Bertz CT molecular complexity index is 559. The second kappa shape index (κ2) is 7.80. The summed E-state index contributed by atoms with van der Waals surface area (Å²) < 4.78 is 0. The van der Waals surface area contributed by atoms with Crippen molar-refractivity contribution in [3.05, 3.63) is 52.9 Å². The lowest BCUT2D eigenvalue weighted by Gasteiger charge is -2.15. The van der Waals surface area contributed by atoms with Gasteiger partial charge >= 0.3 is 0 Å². The Hall–Kier alpha value is -2.54. The molecule has 0 amide bonds. The molecule has 20 heavy (non-hydrogen) atoms. The molecule has 0 atom stereocenters. The first-order valence-electron chi connectivity index (χ1n) is 6.52. The van der Waals surface area contributed by atoms with E-state index in [0.29, 0.717) is 5.56 Å². The molecule has 1 aromatic rings. The van der Waals surface area contributed by atoms with E-state index in [0.717, 1.165) is 29.2 Å². The highest BCUT2D eigenvalue weighted by atomic mass is 14.9. The van der Waals surface area contributed by atoms with Crippen molar-refractivity contribution in [3.8, 4) is 6.07 Å². The van der Waals surface area contributed by atoms with Crippen molar-refractivity contribution in [2.45, 2.75) is 20.8 Å². The van der Waals surface area contributed by atoms with Crippen LogP contribution in [0.15, 0.2) is 47.3 Å². The normalized spacial score (nSPS) is 12.2. The molecule has 0 bridgehead atoms. The molecule has 3 N–H and O–H groups in total. The van der Waals surface area contributed by atoms with Gasteiger partial charge in [-0.2, -0.15) is 5.26 Å². The quantitative estimate of drug-likeness (QED) is 0.547. The van der Waals surface area contributed by atoms with Crippen LogP contribution in [0.4, 0.5) is 5.69 Å². The van der Waals surface area contributed by atoms with Gasteiger partial charge in [0, 0.05) is 29.8 Å². The van der Waals surface area contributed by atoms with Crippen molar-refractivity contribution in [1.29, 1.82) is 10.7 Å². The monoisotopic (exact) mass is 268 g/mol. The number of anilines is 1. The molecule has 0 heterocycles. The molecule has 0 spiro atoms. The molecule has 0 aliphatic rings. The molecule has 0 radical (unpaired) electrons. The highest BCUT2D eigenvalue weighted by Gasteiger charge is 2.04. The highest BCUT2D eigenvalue weighted by Crippen LogP contribution is 2.17. The van der Waals surface area contributed by atoms with Crippen molar-refractivity contribution in [1.82, 2.24) is 5.32 Å². The van der Waals surface area contributed by atoms with E-state index in [-0.39, 0.29) is 0 Å². The van der Waals surface area contributed by atoms with Gasteiger partial charge in [0.1, 0.15) is 0 Å².